The van der Waals surface area contributed by atoms with E-state index in [-0.39, 0.29) is 0 Å². The summed E-state index contributed by atoms with van der Waals surface area (Å²) in [4.78, 5) is 0. The number of aromatic nitrogens is 3. The van der Waals surface area contributed by atoms with E-state index in [1.165, 1.54) is 22.0 Å². The minimum atomic E-state index is 0.487. The lowest BCUT2D eigenvalue weighted by Crippen LogP contribution is -2.02. The number of fused-ring (bicyclic) bond motifs is 1. The van der Waals surface area contributed by atoms with E-state index in [1.807, 2.05) is 0 Å². The minimum absolute atomic E-state index is 0.487. The van der Waals surface area contributed by atoms with Crippen molar-refractivity contribution < 1.29 is 4.42 Å². The molecule has 4 heteroatoms. The van der Waals surface area contributed by atoms with Crippen LogP contribution in [0.4, 0.5) is 0 Å². The monoisotopic (exact) mass is 345 g/mol. The Labute approximate surface area is 153 Å². The molecule has 26 heavy (non-hydrogen) atoms. The quantitative estimate of drug-likeness (QED) is 0.496. The Hall–Kier alpha value is -2.88. The third-order valence-corrected chi connectivity index (χ3v) is 4.50. The molecule has 0 aliphatic rings. The Morgan fingerprint density at radius 2 is 1.85 bits per heavy atom. The zero-order valence-corrected chi connectivity index (χ0v) is 15.4. The van der Waals surface area contributed by atoms with E-state index in [1.54, 1.807) is 0 Å². The molecule has 0 aliphatic heterocycles. The Morgan fingerprint density at radius 1 is 1.00 bits per heavy atom. The summed E-state index contributed by atoms with van der Waals surface area (Å²) in [5.41, 5.74) is 4.66. The second-order valence-corrected chi connectivity index (χ2v) is 7.26. The summed E-state index contributed by atoms with van der Waals surface area (Å²) in [5, 5.41) is 9.73. The second-order valence-electron chi connectivity index (χ2n) is 7.26. The van der Waals surface area contributed by atoms with Crippen molar-refractivity contribution >= 4 is 10.9 Å². The summed E-state index contributed by atoms with van der Waals surface area (Å²) in [6.45, 7) is 7.19. The van der Waals surface area contributed by atoms with Crippen LogP contribution in [0.2, 0.25) is 0 Å². The molecule has 2 aromatic carbocycles. The largest absolute Gasteiger partial charge is 0.419 e. The molecule has 0 spiro atoms. The highest BCUT2D eigenvalue weighted by atomic mass is 16.4. The maximum atomic E-state index is 5.97. The van der Waals surface area contributed by atoms with Crippen molar-refractivity contribution in [3.8, 4) is 11.6 Å². The predicted octanol–water partition coefficient (Wildman–Crippen LogP) is 5.25. The highest BCUT2D eigenvalue weighted by Gasteiger charge is 2.17. The molecular weight excluding hydrogens is 322 g/mol. The number of hydrogen-bond donors (Lipinski definition) is 0. The first-order chi connectivity index (χ1) is 12.6. The molecule has 0 saturated heterocycles. The Morgan fingerprint density at radius 3 is 2.65 bits per heavy atom. The number of nitrogens with zero attached hydrogens (tertiary/aromatic N) is 3. The minimum Gasteiger partial charge on any atom is -0.419 e. The van der Waals surface area contributed by atoms with Gasteiger partial charge in [0.25, 0.3) is 5.89 Å². The van der Waals surface area contributed by atoms with Crippen molar-refractivity contribution in [2.24, 2.45) is 5.92 Å². The van der Waals surface area contributed by atoms with Crippen molar-refractivity contribution in [2.45, 2.75) is 33.7 Å². The van der Waals surface area contributed by atoms with Gasteiger partial charge in [-0.15, -0.1) is 10.2 Å². The fourth-order valence-electron chi connectivity index (χ4n) is 3.34. The van der Waals surface area contributed by atoms with Crippen molar-refractivity contribution in [3.05, 3.63) is 71.6 Å². The van der Waals surface area contributed by atoms with Gasteiger partial charge in [-0.3, -0.25) is 0 Å². The van der Waals surface area contributed by atoms with Gasteiger partial charge in [-0.2, -0.15) is 0 Å². The summed E-state index contributed by atoms with van der Waals surface area (Å²) in [5.74, 6) is 1.77. The highest BCUT2D eigenvalue weighted by molar-refractivity contribution is 5.85. The molecule has 0 radical (unpaired) electrons. The van der Waals surface area contributed by atoms with Gasteiger partial charge >= 0.3 is 0 Å². The molecule has 0 aliphatic carbocycles. The van der Waals surface area contributed by atoms with Gasteiger partial charge in [0, 0.05) is 23.9 Å². The molecular formula is C22H23N3O. The molecule has 2 aromatic heterocycles. The van der Waals surface area contributed by atoms with Crippen LogP contribution in [0.1, 0.15) is 30.9 Å². The maximum Gasteiger partial charge on any atom is 0.264 e. The van der Waals surface area contributed by atoms with Gasteiger partial charge in [-0.1, -0.05) is 61.9 Å². The molecule has 0 fully saturated rings. The number of hydrogen-bond acceptors (Lipinski definition) is 3. The van der Waals surface area contributed by atoms with Gasteiger partial charge in [0.1, 0.15) is 5.69 Å². The normalized spacial score (nSPS) is 11.5. The van der Waals surface area contributed by atoms with E-state index in [4.69, 9.17) is 4.42 Å². The highest BCUT2D eigenvalue weighted by Crippen LogP contribution is 2.29. The molecule has 0 saturated carbocycles. The van der Waals surface area contributed by atoms with E-state index in [0.29, 0.717) is 17.7 Å². The van der Waals surface area contributed by atoms with Crippen LogP contribution in [0.15, 0.2) is 59.0 Å². The lowest BCUT2D eigenvalue weighted by molar-refractivity contribution is 0.464. The van der Waals surface area contributed by atoms with Gasteiger partial charge in [-0.25, -0.2) is 0 Å². The third-order valence-electron chi connectivity index (χ3n) is 4.50. The van der Waals surface area contributed by atoms with Gasteiger partial charge in [0.15, 0.2) is 0 Å². The Bertz CT molecular complexity index is 1040. The maximum absolute atomic E-state index is 5.97. The average molecular weight is 345 g/mol. The third kappa shape index (κ3) is 3.27. The van der Waals surface area contributed by atoms with Crippen LogP contribution in [-0.4, -0.2) is 14.8 Å². The van der Waals surface area contributed by atoms with E-state index in [2.05, 4.69) is 90.1 Å². The molecule has 2 heterocycles. The number of aryl methyl sites for hydroxylation is 1. The predicted molar refractivity (Wildman–Crippen MR) is 104 cm³/mol. The molecule has 4 nitrogen and oxygen atoms in total. The zero-order chi connectivity index (χ0) is 18.1. The first-order valence-corrected chi connectivity index (χ1v) is 9.07. The second kappa shape index (κ2) is 6.79. The average Bonchev–Trinajstić information content (AvgIpc) is 3.19. The van der Waals surface area contributed by atoms with E-state index >= 15 is 0 Å². The van der Waals surface area contributed by atoms with Crippen LogP contribution in [-0.2, 0) is 13.0 Å². The van der Waals surface area contributed by atoms with Crippen LogP contribution in [0.5, 0.6) is 0 Å². The van der Waals surface area contributed by atoms with Crippen molar-refractivity contribution in [1.82, 2.24) is 14.8 Å². The summed E-state index contributed by atoms with van der Waals surface area (Å²) < 4.78 is 8.23. The first kappa shape index (κ1) is 16.6. The standard InChI is InChI=1S/C22H23N3O/c1-15(2)11-21-23-24-22(26-21)20-13-18-9-4-5-10-19(18)25(20)14-17-8-6-7-16(3)12-17/h4-10,12-13,15H,11,14H2,1-3H3. The molecule has 0 amide bonds. The molecule has 4 rings (SSSR count). The van der Waals surface area contributed by atoms with E-state index in [0.717, 1.165) is 18.7 Å². The summed E-state index contributed by atoms with van der Waals surface area (Å²) in [6, 6.07) is 19.1. The smallest absolute Gasteiger partial charge is 0.264 e. The Kier molecular flexibility index (Phi) is 4.33. The van der Waals surface area contributed by atoms with Crippen LogP contribution in [0, 0.1) is 12.8 Å². The molecule has 0 bridgehead atoms. The zero-order valence-electron chi connectivity index (χ0n) is 15.4. The first-order valence-electron chi connectivity index (χ1n) is 9.07. The molecule has 132 valence electrons. The molecule has 4 aromatic rings. The van der Waals surface area contributed by atoms with E-state index < -0.39 is 0 Å². The van der Waals surface area contributed by atoms with Crippen molar-refractivity contribution in [3.63, 3.8) is 0 Å². The van der Waals surface area contributed by atoms with Crippen LogP contribution in [0.3, 0.4) is 0 Å². The SMILES string of the molecule is Cc1cccc(Cn2c(-c3nnc(CC(C)C)o3)cc3ccccc32)c1. The molecule has 0 unspecified atom stereocenters. The van der Waals surface area contributed by atoms with Gasteiger partial charge in [0.05, 0.1) is 0 Å². The van der Waals surface area contributed by atoms with Gasteiger partial charge in [-0.05, 0) is 30.5 Å². The fourth-order valence-corrected chi connectivity index (χ4v) is 3.34. The number of para-hydroxylation sites is 1. The number of benzene rings is 2. The summed E-state index contributed by atoms with van der Waals surface area (Å²) in [6.07, 6.45) is 0.797. The van der Waals surface area contributed by atoms with E-state index in [9.17, 15) is 0 Å². The fraction of sp³-hybridized carbons (Fsp3) is 0.273. The Balaban J connectivity index is 1.80. The lowest BCUT2D eigenvalue weighted by atomic mass is 10.1. The topological polar surface area (TPSA) is 43.9 Å². The van der Waals surface area contributed by atoms with Gasteiger partial charge in [0.2, 0.25) is 5.89 Å². The summed E-state index contributed by atoms with van der Waals surface area (Å²) in [7, 11) is 0. The van der Waals surface area contributed by atoms with Crippen molar-refractivity contribution in [2.75, 3.05) is 0 Å². The van der Waals surface area contributed by atoms with Crippen LogP contribution < -0.4 is 0 Å². The molecule has 0 N–H and O–H groups in total. The lowest BCUT2D eigenvalue weighted by Gasteiger charge is -2.09. The van der Waals surface area contributed by atoms with Crippen LogP contribution in [0.25, 0.3) is 22.5 Å². The summed E-state index contributed by atoms with van der Waals surface area (Å²) >= 11 is 0. The molecule has 0 atom stereocenters. The van der Waals surface area contributed by atoms with Crippen molar-refractivity contribution in [1.29, 1.82) is 0 Å². The number of rotatable bonds is 5. The van der Waals surface area contributed by atoms with Crippen LogP contribution >= 0.6 is 0 Å². The van der Waals surface area contributed by atoms with Gasteiger partial charge < -0.3 is 8.98 Å².